The molecule has 2 heterocycles. The van der Waals surface area contributed by atoms with Crippen LogP contribution in [0.15, 0.2) is 79.0 Å². The Morgan fingerprint density at radius 3 is 2.39 bits per heavy atom. The lowest BCUT2D eigenvalue weighted by Gasteiger charge is -2.20. The molecule has 0 aliphatic rings. The van der Waals surface area contributed by atoms with Gasteiger partial charge in [-0.15, -0.1) is 0 Å². The monoisotopic (exact) mass is 370 g/mol. The first-order valence-corrected chi connectivity index (χ1v) is 9.29. The van der Waals surface area contributed by atoms with Crippen molar-refractivity contribution in [3.05, 3.63) is 79.0 Å². The molecule has 2 aromatic carbocycles. The fourth-order valence-corrected chi connectivity index (χ4v) is 3.22. The maximum Gasteiger partial charge on any atom is 0.419 e. The van der Waals surface area contributed by atoms with Crippen LogP contribution in [-0.4, -0.2) is 21.2 Å². The van der Waals surface area contributed by atoms with E-state index >= 15 is 0 Å². The van der Waals surface area contributed by atoms with Gasteiger partial charge in [0.1, 0.15) is 5.60 Å². The number of hydrogen-bond donors (Lipinski definition) is 0. The Bertz CT molecular complexity index is 1140. The predicted molar refractivity (Wildman–Crippen MR) is 112 cm³/mol. The SMILES string of the molecule is CC(C)(C)OC(=O)n1cccc1-c1cc(-c2ccccc2)c2ccccc2n1. The topological polar surface area (TPSA) is 44.1 Å². The minimum absolute atomic E-state index is 0.413. The Labute approximate surface area is 164 Å². The third kappa shape index (κ3) is 3.54. The van der Waals surface area contributed by atoms with E-state index in [1.54, 1.807) is 6.20 Å². The molecular formula is C24H22N2O2. The lowest BCUT2D eigenvalue weighted by Crippen LogP contribution is -2.27. The molecule has 0 amide bonds. The molecule has 140 valence electrons. The highest BCUT2D eigenvalue weighted by Crippen LogP contribution is 2.32. The number of nitrogens with zero attached hydrogens (tertiary/aromatic N) is 2. The van der Waals surface area contributed by atoms with Crippen LogP contribution in [0.1, 0.15) is 20.8 Å². The van der Waals surface area contributed by atoms with Gasteiger partial charge in [-0.25, -0.2) is 9.78 Å². The molecule has 0 aliphatic heterocycles. The van der Waals surface area contributed by atoms with E-state index in [1.807, 2.05) is 75.4 Å². The average Bonchev–Trinajstić information content (AvgIpc) is 3.16. The first kappa shape index (κ1) is 18.0. The van der Waals surface area contributed by atoms with Crippen molar-refractivity contribution in [2.75, 3.05) is 0 Å². The maximum atomic E-state index is 12.6. The minimum Gasteiger partial charge on any atom is -0.443 e. The van der Waals surface area contributed by atoms with E-state index in [9.17, 15) is 4.79 Å². The lowest BCUT2D eigenvalue weighted by molar-refractivity contribution is 0.0540. The maximum absolute atomic E-state index is 12.6. The standard InChI is InChI=1S/C24H22N2O2/c1-24(2,3)28-23(27)26-15-9-14-22(26)21-16-19(17-10-5-4-6-11-17)18-12-7-8-13-20(18)25-21/h4-16H,1-3H3. The molecule has 0 N–H and O–H groups in total. The van der Waals surface area contributed by atoms with Crippen LogP contribution in [0.3, 0.4) is 0 Å². The second-order valence-corrected chi connectivity index (χ2v) is 7.68. The molecule has 4 aromatic rings. The third-order valence-corrected chi connectivity index (χ3v) is 4.40. The van der Waals surface area contributed by atoms with Gasteiger partial charge in [0, 0.05) is 11.6 Å². The number of carbonyl (C=O) groups is 1. The van der Waals surface area contributed by atoms with E-state index in [2.05, 4.69) is 18.2 Å². The molecule has 0 atom stereocenters. The molecule has 2 aromatic heterocycles. The molecule has 4 rings (SSSR count). The molecular weight excluding hydrogens is 348 g/mol. The van der Waals surface area contributed by atoms with Crippen LogP contribution in [0.25, 0.3) is 33.4 Å². The van der Waals surface area contributed by atoms with Gasteiger partial charge < -0.3 is 4.74 Å². The van der Waals surface area contributed by atoms with Crippen molar-refractivity contribution in [3.8, 4) is 22.5 Å². The van der Waals surface area contributed by atoms with E-state index in [0.717, 1.165) is 27.7 Å². The molecule has 28 heavy (non-hydrogen) atoms. The zero-order chi connectivity index (χ0) is 19.7. The Morgan fingerprint density at radius 2 is 1.64 bits per heavy atom. The molecule has 0 bridgehead atoms. The molecule has 0 saturated heterocycles. The summed E-state index contributed by atoms with van der Waals surface area (Å²) in [4.78, 5) is 17.5. The van der Waals surface area contributed by atoms with Crippen molar-refractivity contribution < 1.29 is 9.53 Å². The van der Waals surface area contributed by atoms with E-state index in [4.69, 9.17) is 9.72 Å². The Kier molecular flexibility index (Phi) is 4.47. The molecule has 0 spiro atoms. The number of aromatic nitrogens is 2. The zero-order valence-corrected chi connectivity index (χ0v) is 16.2. The van der Waals surface area contributed by atoms with Crippen molar-refractivity contribution in [2.45, 2.75) is 26.4 Å². The quantitative estimate of drug-likeness (QED) is 0.425. The van der Waals surface area contributed by atoms with Crippen molar-refractivity contribution >= 4 is 17.0 Å². The number of fused-ring (bicyclic) bond motifs is 1. The molecule has 0 aliphatic carbocycles. The van der Waals surface area contributed by atoms with Crippen molar-refractivity contribution in [2.24, 2.45) is 0 Å². The van der Waals surface area contributed by atoms with Gasteiger partial charge in [-0.3, -0.25) is 4.57 Å². The van der Waals surface area contributed by atoms with Gasteiger partial charge in [-0.1, -0.05) is 48.5 Å². The zero-order valence-electron chi connectivity index (χ0n) is 16.2. The van der Waals surface area contributed by atoms with Crippen LogP contribution in [0, 0.1) is 0 Å². The molecule has 0 radical (unpaired) electrons. The highest BCUT2D eigenvalue weighted by Gasteiger charge is 2.21. The van der Waals surface area contributed by atoms with E-state index in [0.29, 0.717) is 5.69 Å². The number of pyridine rings is 1. The average molecular weight is 370 g/mol. The summed E-state index contributed by atoms with van der Waals surface area (Å²) in [6.45, 7) is 5.57. The summed E-state index contributed by atoms with van der Waals surface area (Å²) in [5, 5.41) is 1.08. The van der Waals surface area contributed by atoms with Crippen LogP contribution in [0.5, 0.6) is 0 Å². The van der Waals surface area contributed by atoms with Gasteiger partial charge in [-0.05, 0) is 56.2 Å². The van der Waals surface area contributed by atoms with E-state index in [-0.39, 0.29) is 0 Å². The van der Waals surface area contributed by atoms with Gasteiger partial charge >= 0.3 is 6.09 Å². The highest BCUT2D eigenvalue weighted by molar-refractivity contribution is 5.96. The largest absolute Gasteiger partial charge is 0.443 e. The number of rotatable bonds is 2. The summed E-state index contributed by atoms with van der Waals surface area (Å²) < 4.78 is 7.05. The van der Waals surface area contributed by atoms with Crippen molar-refractivity contribution in [3.63, 3.8) is 0 Å². The minimum atomic E-state index is -0.565. The molecule has 0 fully saturated rings. The molecule has 0 unspecified atom stereocenters. The number of benzene rings is 2. The number of ether oxygens (including phenoxy) is 1. The predicted octanol–water partition coefficient (Wildman–Crippen LogP) is 6.15. The summed E-state index contributed by atoms with van der Waals surface area (Å²) >= 11 is 0. The second kappa shape index (κ2) is 6.97. The summed E-state index contributed by atoms with van der Waals surface area (Å²) in [6, 6.07) is 24.0. The van der Waals surface area contributed by atoms with Gasteiger partial charge in [0.25, 0.3) is 0 Å². The Hall–Kier alpha value is -3.40. The number of hydrogen-bond acceptors (Lipinski definition) is 3. The molecule has 4 heteroatoms. The van der Waals surface area contributed by atoms with Crippen LogP contribution in [0.4, 0.5) is 4.79 Å². The van der Waals surface area contributed by atoms with Gasteiger partial charge in [0.05, 0.1) is 16.9 Å². The summed E-state index contributed by atoms with van der Waals surface area (Å²) in [6.07, 6.45) is 1.30. The fraction of sp³-hybridized carbons (Fsp3) is 0.167. The molecule has 0 saturated carbocycles. The van der Waals surface area contributed by atoms with Crippen LogP contribution >= 0.6 is 0 Å². The third-order valence-electron chi connectivity index (χ3n) is 4.40. The summed E-state index contributed by atoms with van der Waals surface area (Å²) in [7, 11) is 0. The first-order valence-electron chi connectivity index (χ1n) is 9.29. The fourth-order valence-electron chi connectivity index (χ4n) is 3.22. The van der Waals surface area contributed by atoms with Crippen molar-refractivity contribution in [1.29, 1.82) is 0 Å². The van der Waals surface area contributed by atoms with Crippen molar-refractivity contribution in [1.82, 2.24) is 9.55 Å². The highest BCUT2D eigenvalue weighted by atomic mass is 16.6. The molecule has 4 nitrogen and oxygen atoms in total. The van der Waals surface area contributed by atoms with E-state index in [1.165, 1.54) is 4.57 Å². The first-order chi connectivity index (χ1) is 13.4. The van der Waals surface area contributed by atoms with Gasteiger partial charge in [0.15, 0.2) is 0 Å². The number of carbonyl (C=O) groups excluding carboxylic acids is 1. The Balaban J connectivity index is 1.88. The lowest BCUT2D eigenvalue weighted by atomic mass is 9.99. The van der Waals surface area contributed by atoms with Crippen LogP contribution < -0.4 is 0 Å². The summed E-state index contributed by atoms with van der Waals surface area (Å²) in [5.41, 5.74) is 3.95. The summed E-state index contributed by atoms with van der Waals surface area (Å²) in [5.74, 6) is 0. The normalized spacial score (nSPS) is 11.5. The Morgan fingerprint density at radius 1 is 0.929 bits per heavy atom. The van der Waals surface area contributed by atoms with Gasteiger partial charge in [0.2, 0.25) is 0 Å². The number of para-hydroxylation sites is 1. The smallest absolute Gasteiger partial charge is 0.419 e. The van der Waals surface area contributed by atoms with E-state index < -0.39 is 11.7 Å². The second-order valence-electron chi connectivity index (χ2n) is 7.68. The van der Waals surface area contributed by atoms with Crippen LogP contribution in [-0.2, 0) is 4.74 Å². The van der Waals surface area contributed by atoms with Crippen LogP contribution in [0.2, 0.25) is 0 Å². The van der Waals surface area contributed by atoms with Gasteiger partial charge in [-0.2, -0.15) is 0 Å².